The van der Waals surface area contributed by atoms with Gasteiger partial charge in [-0.2, -0.15) is 0 Å². The average Bonchev–Trinajstić information content (AvgIpc) is 2.51. The van der Waals surface area contributed by atoms with Crippen molar-refractivity contribution in [1.82, 2.24) is 5.32 Å². The van der Waals surface area contributed by atoms with Crippen molar-refractivity contribution in [3.8, 4) is 5.75 Å². The van der Waals surface area contributed by atoms with E-state index in [4.69, 9.17) is 14.2 Å². The van der Waals surface area contributed by atoms with E-state index in [1.807, 2.05) is 0 Å². The van der Waals surface area contributed by atoms with Crippen LogP contribution < -0.4 is 10.1 Å². The fourth-order valence-corrected chi connectivity index (χ4v) is 1.74. The largest absolute Gasteiger partial charge is 0.497 e. The van der Waals surface area contributed by atoms with Gasteiger partial charge in [0.1, 0.15) is 30.3 Å². The number of rotatable bonds is 7. The van der Waals surface area contributed by atoms with E-state index in [0.717, 1.165) is 5.56 Å². The van der Waals surface area contributed by atoms with E-state index in [-0.39, 0.29) is 13.0 Å². The minimum atomic E-state index is -1.09. The van der Waals surface area contributed by atoms with Crippen LogP contribution in [0, 0.1) is 0 Å². The van der Waals surface area contributed by atoms with Gasteiger partial charge in [-0.25, -0.2) is 9.59 Å². The van der Waals surface area contributed by atoms with Gasteiger partial charge in [-0.05, 0) is 38.5 Å². The monoisotopic (exact) mass is 337 g/mol. The molecule has 1 aromatic carbocycles. The van der Waals surface area contributed by atoms with Gasteiger partial charge in [-0.15, -0.1) is 0 Å². The molecule has 0 radical (unpaired) electrons. The molecule has 0 aliphatic rings. The van der Waals surface area contributed by atoms with Gasteiger partial charge in [0.05, 0.1) is 7.11 Å². The van der Waals surface area contributed by atoms with E-state index in [2.05, 4.69) is 5.32 Å². The van der Waals surface area contributed by atoms with Crippen molar-refractivity contribution in [1.29, 1.82) is 0 Å². The first-order valence-corrected chi connectivity index (χ1v) is 7.48. The van der Waals surface area contributed by atoms with E-state index in [1.54, 1.807) is 52.1 Å². The van der Waals surface area contributed by atoms with Crippen LogP contribution >= 0.6 is 0 Å². The molecule has 0 saturated carbocycles. The van der Waals surface area contributed by atoms with Crippen molar-refractivity contribution in [2.24, 2.45) is 0 Å². The fourth-order valence-electron chi connectivity index (χ4n) is 1.74. The number of methoxy groups -OCH3 is 1. The van der Waals surface area contributed by atoms with Gasteiger partial charge >= 0.3 is 12.1 Å². The molecule has 7 nitrogen and oxygen atoms in total. The molecule has 1 aromatic rings. The maximum atomic E-state index is 12.1. The van der Waals surface area contributed by atoms with Gasteiger partial charge in [-0.3, -0.25) is 0 Å². The highest BCUT2D eigenvalue weighted by atomic mass is 16.6. The number of carbonyl (C=O) groups excluding carboxylic acids is 3. The summed E-state index contributed by atoms with van der Waals surface area (Å²) < 4.78 is 15.2. The van der Waals surface area contributed by atoms with E-state index < -0.39 is 23.7 Å². The van der Waals surface area contributed by atoms with Crippen LogP contribution in [-0.2, 0) is 25.7 Å². The molecule has 132 valence electrons. The van der Waals surface area contributed by atoms with Crippen molar-refractivity contribution in [3.05, 3.63) is 29.8 Å². The summed E-state index contributed by atoms with van der Waals surface area (Å²) in [5, 5.41) is 2.34. The molecule has 7 heteroatoms. The van der Waals surface area contributed by atoms with Crippen molar-refractivity contribution in [2.45, 2.75) is 45.4 Å². The molecule has 0 saturated heterocycles. The molecule has 1 amide bonds. The molecule has 0 aromatic heterocycles. The lowest BCUT2D eigenvalue weighted by Gasteiger charge is -2.22. The predicted octanol–water partition coefficient (Wildman–Crippen LogP) is 2.22. The minimum absolute atomic E-state index is 0.0220. The number of amides is 1. The third-order valence-electron chi connectivity index (χ3n) is 2.85. The Hall–Kier alpha value is -2.57. The number of aldehydes is 1. The molecule has 0 aliphatic heterocycles. The average molecular weight is 337 g/mol. The Balaban J connectivity index is 2.58. The molecule has 0 spiro atoms. The zero-order chi connectivity index (χ0) is 18.2. The quantitative estimate of drug-likeness (QED) is 0.606. The van der Waals surface area contributed by atoms with Crippen LogP contribution in [-0.4, -0.2) is 37.1 Å². The zero-order valence-corrected chi connectivity index (χ0v) is 14.3. The molecule has 0 heterocycles. The number of nitrogens with one attached hydrogen (secondary N) is 1. The van der Waals surface area contributed by atoms with Crippen molar-refractivity contribution >= 4 is 18.3 Å². The third-order valence-corrected chi connectivity index (χ3v) is 2.85. The Morgan fingerprint density at radius 3 is 2.33 bits per heavy atom. The number of alkyl carbamates (subject to hydrolysis) is 1. The normalized spacial score (nSPS) is 12.0. The lowest BCUT2D eigenvalue weighted by Crippen LogP contribution is -2.44. The molecule has 24 heavy (non-hydrogen) atoms. The second-order valence-corrected chi connectivity index (χ2v) is 6.06. The van der Waals surface area contributed by atoms with Crippen LogP contribution in [0.5, 0.6) is 5.75 Å². The van der Waals surface area contributed by atoms with E-state index >= 15 is 0 Å². The summed E-state index contributed by atoms with van der Waals surface area (Å²) in [5.41, 5.74) is 0.0503. The minimum Gasteiger partial charge on any atom is -0.497 e. The molecule has 1 rings (SSSR count). The molecular formula is C17H23NO6. The molecule has 1 atom stereocenters. The second-order valence-electron chi connectivity index (χ2n) is 6.06. The highest BCUT2D eigenvalue weighted by molar-refractivity contribution is 5.83. The Morgan fingerprint density at radius 1 is 1.21 bits per heavy atom. The lowest BCUT2D eigenvalue weighted by atomic mass is 10.2. The van der Waals surface area contributed by atoms with Gasteiger partial charge in [-0.1, -0.05) is 12.1 Å². The molecule has 1 N–H and O–H groups in total. The summed E-state index contributed by atoms with van der Waals surface area (Å²) in [5.74, 6) is -0.0146. The van der Waals surface area contributed by atoms with E-state index in [1.165, 1.54) is 0 Å². The maximum absolute atomic E-state index is 12.1. The first kappa shape index (κ1) is 19.5. The van der Waals surface area contributed by atoms with Crippen molar-refractivity contribution in [2.75, 3.05) is 7.11 Å². The van der Waals surface area contributed by atoms with Crippen LogP contribution in [0.1, 0.15) is 32.8 Å². The highest BCUT2D eigenvalue weighted by Gasteiger charge is 2.25. The van der Waals surface area contributed by atoms with E-state index in [9.17, 15) is 14.4 Å². The van der Waals surface area contributed by atoms with Crippen LogP contribution in [0.4, 0.5) is 4.79 Å². The highest BCUT2D eigenvalue weighted by Crippen LogP contribution is 2.12. The number of esters is 1. The number of carbonyl (C=O) groups is 3. The van der Waals surface area contributed by atoms with Gasteiger partial charge in [0, 0.05) is 6.42 Å². The van der Waals surface area contributed by atoms with Crippen LogP contribution in [0.15, 0.2) is 24.3 Å². The van der Waals surface area contributed by atoms with Crippen LogP contribution in [0.3, 0.4) is 0 Å². The first-order valence-electron chi connectivity index (χ1n) is 7.48. The Kier molecular flexibility index (Phi) is 7.23. The predicted molar refractivity (Wildman–Crippen MR) is 86.6 cm³/mol. The zero-order valence-electron chi connectivity index (χ0n) is 14.3. The first-order chi connectivity index (χ1) is 11.2. The second kappa shape index (κ2) is 8.90. The van der Waals surface area contributed by atoms with Gasteiger partial charge in [0.15, 0.2) is 0 Å². The smallest absolute Gasteiger partial charge is 0.408 e. The number of hydrogen-bond acceptors (Lipinski definition) is 6. The van der Waals surface area contributed by atoms with Gasteiger partial charge in [0.2, 0.25) is 0 Å². The lowest BCUT2D eigenvalue weighted by molar-refractivity contribution is -0.148. The Bertz CT molecular complexity index is 561. The summed E-state index contributed by atoms with van der Waals surface area (Å²) in [4.78, 5) is 34.5. The van der Waals surface area contributed by atoms with Crippen LogP contribution in [0.2, 0.25) is 0 Å². The molecule has 0 fully saturated rings. The molecule has 1 unspecified atom stereocenters. The number of ether oxygens (including phenoxy) is 3. The van der Waals surface area contributed by atoms with Crippen LogP contribution in [0.25, 0.3) is 0 Å². The Labute approximate surface area is 141 Å². The number of benzene rings is 1. The Morgan fingerprint density at radius 2 is 1.83 bits per heavy atom. The van der Waals surface area contributed by atoms with Crippen molar-refractivity contribution in [3.63, 3.8) is 0 Å². The van der Waals surface area contributed by atoms with Gasteiger partial charge in [0.25, 0.3) is 0 Å². The third kappa shape index (κ3) is 7.13. The number of hydrogen-bond donors (Lipinski definition) is 1. The topological polar surface area (TPSA) is 90.9 Å². The SMILES string of the molecule is COc1ccc(COC(=O)C(CC=O)NC(=O)OC(C)(C)C)cc1. The summed E-state index contributed by atoms with van der Waals surface area (Å²) in [6, 6.07) is 5.90. The van der Waals surface area contributed by atoms with Crippen molar-refractivity contribution < 1.29 is 28.6 Å². The summed E-state index contributed by atoms with van der Waals surface area (Å²) in [6.45, 7) is 5.12. The summed E-state index contributed by atoms with van der Waals surface area (Å²) >= 11 is 0. The molecule has 0 aliphatic carbocycles. The summed E-state index contributed by atoms with van der Waals surface area (Å²) in [6.07, 6.45) is -0.437. The van der Waals surface area contributed by atoms with E-state index in [0.29, 0.717) is 12.0 Å². The summed E-state index contributed by atoms with van der Waals surface area (Å²) in [7, 11) is 1.56. The maximum Gasteiger partial charge on any atom is 0.408 e. The molecular weight excluding hydrogens is 314 g/mol. The molecule has 0 bridgehead atoms. The fraction of sp³-hybridized carbons (Fsp3) is 0.471. The van der Waals surface area contributed by atoms with Gasteiger partial charge < -0.3 is 24.3 Å². The standard InChI is InChI=1S/C17H23NO6/c1-17(2,3)24-16(21)18-14(9-10-19)15(20)23-11-12-5-7-13(22-4)8-6-12/h5-8,10,14H,9,11H2,1-4H3,(H,18,21).